The first-order valence-electron chi connectivity index (χ1n) is 9.58. The van der Waals surface area contributed by atoms with Crippen LogP contribution in [0.3, 0.4) is 0 Å². The number of aromatic nitrogens is 7. The second-order valence-corrected chi connectivity index (χ2v) is 7.71. The van der Waals surface area contributed by atoms with E-state index in [2.05, 4.69) is 36.0 Å². The van der Waals surface area contributed by atoms with Crippen LogP contribution in [0, 0.1) is 5.82 Å². The lowest BCUT2D eigenvalue weighted by molar-refractivity contribution is 0.262. The number of anilines is 2. The molecule has 0 radical (unpaired) electrons. The molecule has 3 aromatic heterocycles. The first-order valence-corrected chi connectivity index (χ1v) is 9.58. The van der Waals surface area contributed by atoms with Gasteiger partial charge >= 0.3 is 6.03 Å². The Labute approximate surface area is 182 Å². The quantitative estimate of drug-likeness (QED) is 0.489. The molecule has 3 heterocycles. The van der Waals surface area contributed by atoms with Gasteiger partial charge in [-0.05, 0) is 32.9 Å². The van der Waals surface area contributed by atoms with Gasteiger partial charge in [-0.2, -0.15) is 14.8 Å². The topological polar surface area (TPSA) is 125 Å². The van der Waals surface area contributed by atoms with Gasteiger partial charge in [0.2, 0.25) is 5.88 Å². The van der Waals surface area contributed by atoms with E-state index < -0.39 is 11.8 Å². The van der Waals surface area contributed by atoms with Crippen molar-refractivity contribution in [2.45, 2.75) is 26.3 Å². The van der Waals surface area contributed by atoms with Gasteiger partial charge in [0, 0.05) is 24.5 Å². The minimum absolute atomic E-state index is 0.0613. The van der Waals surface area contributed by atoms with Crippen molar-refractivity contribution in [1.29, 1.82) is 0 Å². The van der Waals surface area contributed by atoms with E-state index in [1.165, 1.54) is 47.5 Å². The van der Waals surface area contributed by atoms with Crippen molar-refractivity contribution in [3.63, 3.8) is 0 Å². The number of urea groups is 1. The van der Waals surface area contributed by atoms with Crippen LogP contribution in [-0.2, 0) is 5.54 Å². The molecule has 11 nitrogen and oxygen atoms in total. The summed E-state index contributed by atoms with van der Waals surface area (Å²) in [7, 11) is 0. The van der Waals surface area contributed by atoms with E-state index in [1.807, 2.05) is 20.8 Å². The van der Waals surface area contributed by atoms with E-state index in [0.717, 1.165) is 0 Å². The van der Waals surface area contributed by atoms with Crippen LogP contribution in [0.4, 0.5) is 20.6 Å². The first-order chi connectivity index (χ1) is 15.3. The molecule has 0 aliphatic carbocycles. The van der Waals surface area contributed by atoms with Gasteiger partial charge in [0.25, 0.3) is 5.95 Å². The highest BCUT2D eigenvalue weighted by Gasteiger charge is 2.15. The highest BCUT2D eigenvalue weighted by molar-refractivity contribution is 5.99. The number of hydrogen-bond acceptors (Lipinski definition) is 7. The maximum atomic E-state index is 14.3. The summed E-state index contributed by atoms with van der Waals surface area (Å²) in [6.07, 6.45) is 7.78. The smallest absolute Gasteiger partial charge is 0.323 e. The van der Waals surface area contributed by atoms with Crippen LogP contribution in [0.2, 0.25) is 0 Å². The summed E-state index contributed by atoms with van der Waals surface area (Å²) in [5.41, 5.74) is 0.184. The number of amides is 2. The van der Waals surface area contributed by atoms with E-state index in [9.17, 15) is 9.18 Å². The third-order valence-electron chi connectivity index (χ3n) is 4.18. The first kappa shape index (κ1) is 20.9. The molecule has 0 unspecified atom stereocenters. The van der Waals surface area contributed by atoms with Crippen molar-refractivity contribution in [2.24, 2.45) is 0 Å². The zero-order valence-electron chi connectivity index (χ0n) is 17.5. The van der Waals surface area contributed by atoms with Gasteiger partial charge in [0.05, 0.1) is 35.5 Å². The van der Waals surface area contributed by atoms with E-state index in [4.69, 9.17) is 4.74 Å². The Morgan fingerprint density at radius 1 is 1.16 bits per heavy atom. The van der Waals surface area contributed by atoms with Crippen LogP contribution in [-0.4, -0.2) is 40.8 Å². The zero-order chi connectivity index (χ0) is 22.7. The Kier molecular flexibility index (Phi) is 5.50. The van der Waals surface area contributed by atoms with Crippen molar-refractivity contribution in [3.05, 3.63) is 61.1 Å². The predicted octanol–water partition coefficient (Wildman–Crippen LogP) is 3.58. The second kappa shape index (κ2) is 8.41. The minimum Gasteiger partial charge on any atom is -0.439 e. The summed E-state index contributed by atoms with van der Waals surface area (Å²) < 4.78 is 23.0. The number of carbonyl (C=O) groups excluding carboxylic acids is 1. The Balaban J connectivity index is 1.45. The lowest BCUT2D eigenvalue weighted by Gasteiger charge is -2.18. The number of benzene rings is 1. The molecular weight excluding hydrogens is 417 g/mol. The van der Waals surface area contributed by atoms with Crippen LogP contribution >= 0.6 is 0 Å². The molecule has 2 amide bonds. The molecule has 1 aromatic carbocycles. The normalized spacial score (nSPS) is 11.2. The third kappa shape index (κ3) is 4.86. The average Bonchev–Trinajstić information content (AvgIpc) is 3.43. The van der Waals surface area contributed by atoms with Crippen molar-refractivity contribution in [1.82, 2.24) is 34.7 Å². The summed E-state index contributed by atoms with van der Waals surface area (Å²) in [6.45, 7) is 5.95. The summed E-state index contributed by atoms with van der Waals surface area (Å²) in [5, 5.41) is 16.8. The zero-order valence-corrected chi connectivity index (χ0v) is 17.5. The largest absolute Gasteiger partial charge is 0.439 e. The van der Waals surface area contributed by atoms with E-state index in [1.54, 1.807) is 17.1 Å². The minimum atomic E-state index is -0.621. The van der Waals surface area contributed by atoms with Crippen molar-refractivity contribution in [3.8, 4) is 17.6 Å². The Morgan fingerprint density at radius 2 is 2.00 bits per heavy atom. The van der Waals surface area contributed by atoms with E-state index >= 15 is 0 Å². The number of nitrogens with one attached hydrogen (secondary N) is 2. The highest BCUT2D eigenvalue weighted by atomic mass is 19.1. The fraction of sp³-hybridized carbons (Fsp3) is 0.200. The fourth-order valence-electron chi connectivity index (χ4n) is 2.64. The Hall–Kier alpha value is -4.35. The highest BCUT2D eigenvalue weighted by Crippen LogP contribution is 2.26. The maximum Gasteiger partial charge on any atom is 0.323 e. The summed E-state index contributed by atoms with van der Waals surface area (Å²) in [6, 6.07) is 4.87. The molecule has 0 bridgehead atoms. The molecule has 164 valence electrons. The standard InChI is InChI=1S/C20H20FN9O2/c1-20(2,3)30-12-13(11-24-30)25-19(31)26-16-10-14(4-5-15(16)21)32-17-6-7-22-18(27-17)29-9-8-23-28-29/h4-12H,1-3H3,(H2,25,26,31). The molecule has 12 heteroatoms. The van der Waals surface area contributed by atoms with Crippen LogP contribution in [0.1, 0.15) is 20.8 Å². The average molecular weight is 437 g/mol. The Bertz CT molecular complexity index is 1230. The summed E-state index contributed by atoms with van der Waals surface area (Å²) in [5.74, 6) is 0.118. The van der Waals surface area contributed by atoms with Crippen molar-refractivity contribution < 1.29 is 13.9 Å². The molecule has 0 saturated heterocycles. The SMILES string of the molecule is CC(C)(C)n1cc(NC(=O)Nc2cc(Oc3ccnc(-n4ccnn4)n3)ccc2F)cn1. The van der Waals surface area contributed by atoms with Gasteiger partial charge in [-0.3, -0.25) is 4.68 Å². The summed E-state index contributed by atoms with van der Waals surface area (Å²) >= 11 is 0. The Morgan fingerprint density at radius 3 is 2.72 bits per heavy atom. The monoisotopic (exact) mass is 437 g/mol. The van der Waals surface area contributed by atoms with Crippen LogP contribution in [0.15, 0.2) is 55.2 Å². The van der Waals surface area contributed by atoms with Gasteiger partial charge in [-0.1, -0.05) is 5.21 Å². The van der Waals surface area contributed by atoms with Gasteiger partial charge in [-0.25, -0.2) is 14.2 Å². The van der Waals surface area contributed by atoms with E-state index in [0.29, 0.717) is 5.69 Å². The third-order valence-corrected chi connectivity index (χ3v) is 4.18. The molecule has 0 fully saturated rings. The maximum absolute atomic E-state index is 14.3. The van der Waals surface area contributed by atoms with Gasteiger partial charge < -0.3 is 15.4 Å². The van der Waals surface area contributed by atoms with Crippen molar-refractivity contribution >= 4 is 17.4 Å². The van der Waals surface area contributed by atoms with Crippen molar-refractivity contribution in [2.75, 3.05) is 10.6 Å². The fourth-order valence-corrected chi connectivity index (χ4v) is 2.64. The molecule has 0 atom stereocenters. The molecule has 0 aliphatic rings. The lowest BCUT2D eigenvalue weighted by atomic mass is 10.1. The predicted molar refractivity (Wildman–Crippen MR) is 113 cm³/mol. The number of rotatable bonds is 5. The van der Waals surface area contributed by atoms with Crippen LogP contribution < -0.4 is 15.4 Å². The number of nitrogens with zero attached hydrogens (tertiary/aromatic N) is 7. The number of hydrogen-bond donors (Lipinski definition) is 2. The molecule has 0 aliphatic heterocycles. The summed E-state index contributed by atoms with van der Waals surface area (Å²) in [4.78, 5) is 20.6. The molecule has 0 spiro atoms. The number of ether oxygens (including phenoxy) is 1. The second-order valence-electron chi connectivity index (χ2n) is 7.71. The number of halogens is 1. The molecule has 32 heavy (non-hydrogen) atoms. The van der Waals surface area contributed by atoms with Crippen LogP contribution in [0.5, 0.6) is 11.6 Å². The molecule has 2 N–H and O–H groups in total. The van der Waals surface area contributed by atoms with Gasteiger partial charge in [-0.15, -0.1) is 5.10 Å². The van der Waals surface area contributed by atoms with Crippen LogP contribution in [0.25, 0.3) is 5.95 Å². The van der Waals surface area contributed by atoms with Gasteiger partial charge in [0.1, 0.15) is 11.6 Å². The molecule has 4 aromatic rings. The number of carbonyl (C=O) groups is 1. The van der Waals surface area contributed by atoms with Gasteiger partial charge in [0.15, 0.2) is 0 Å². The molecule has 4 rings (SSSR count). The molecular formula is C20H20FN9O2. The van der Waals surface area contributed by atoms with E-state index in [-0.39, 0.29) is 28.8 Å². The lowest BCUT2D eigenvalue weighted by Crippen LogP contribution is -2.22. The molecule has 0 saturated carbocycles.